The molecule has 1 rings (SSSR count). The molecule has 0 aliphatic carbocycles. The highest BCUT2D eigenvalue weighted by atomic mass is 16.4. The zero-order valence-electron chi connectivity index (χ0n) is 10.7. The fraction of sp³-hybridized carbons (Fsp3) is 0.818. The van der Waals surface area contributed by atoms with Crippen molar-refractivity contribution in [3.63, 3.8) is 0 Å². The molecule has 6 heteroatoms. The van der Waals surface area contributed by atoms with E-state index in [1.807, 2.05) is 19.0 Å². The van der Waals surface area contributed by atoms with Crippen LogP contribution in [0.3, 0.4) is 0 Å². The van der Waals surface area contributed by atoms with Crippen LogP contribution in [-0.2, 0) is 4.79 Å². The second-order valence-corrected chi connectivity index (χ2v) is 5.07. The van der Waals surface area contributed by atoms with E-state index in [0.717, 1.165) is 6.54 Å². The number of aliphatic carboxylic acids is 1. The molecule has 0 radical (unpaired) electrons. The van der Waals surface area contributed by atoms with Gasteiger partial charge in [0.2, 0.25) is 0 Å². The van der Waals surface area contributed by atoms with Crippen LogP contribution >= 0.6 is 0 Å². The fourth-order valence-corrected chi connectivity index (χ4v) is 1.81. The van der Waals surface area contributed by atoms with Crippen molar-refractivity contribution in [3.8, 4) is 0 Å². The van der Waals surface area contributed by atoms with Crippen LogP contribution in [0.15, 0.2) is 0 Å². The Labute approximate surface area is 102 Å². The first kappa shape index (κ1) is 13.8. The molecule has 1 fully saturated rings. The van der Waals surface area contributed by atoms with E-state index >= 15 is 0 Å². The highest BCUT2D eigenvalue weighted by molar-refractivity contribution is 5.79. The summed E-state index contributed by atoms with van der Waals surface area (Å²) in [6.45, 7) is 3.83. The Kier molecular flexibility index (Phi) is 4.34. The summed E-state index contributed by atoms with van der Waals surface area (Å²) in [6, 6.07) is -0.170. The molecule has 0 aromatic carbocycles. The second-order valence-electron chi connectivity index (χ2n) is 5.07. The quantitative estimate of drug-likeness (QED) is 0.732. The number of likely N-dealkylation sites (tertiary alicyclic amines) is 1. The van der Waals surface area contributed by atoms with Gasteiger partial charge in [0.1, 0.15) is 0 Å². The number of carboxylic acids is 1. The molecule has 0 saturated carbocycles. The predicted octanol–water partition coefficient (Wildman–Crippen LogP) is 0.0542. The Hall–Kier alpha value is -1.30. The molecule has 0 bridgehead atoms. The minimum Gasteiger partial charge on any atom is -0.481 e. The minimum atomic E-state index is -0.832. The maximum absolute atomic E-state index is 11.7. The zero-order valence-corrected chi connectivity index (χ0v) is 10.7. The minimum absolute atomic E-state index is 0.170. The second kappa shape index (κ2) is 5.35. The van der Waals surface area contributed by atoms with Gasteiger partial charge in [0.15, 0.2) is 0 Å². The lowest BCUT2D eigenvalue weighted by Crippen LogP contribution is -2.42. The number of carbonyl (C=O) groups is 2. The van der Waals surface area contributed by atoms with Crippen molar-refractivity contribution in [2.24, 2.45) is 5.41 Å². The monoisotopic (exact) mass is 243 g/mol. The Morgan fingerprint density at radius 1 is 1.47 bits per heavy atom. The summed E-state index contributed by atoms with van der Waals surface area (Å²) in [7, 11) is 3.87. The molecule has 1 saturated heterocycles. The first-order chi connectivity index (χ1) is 7.85. The highest BCUT2D eigenvalue weighted by Crippen LogP contribution is 2.29. The van der Waals surface area contributed by atoms with Crippen molar-refractivity contribution < 1.29 is 14.7 Å². The third-order valence-electron chi connectivity index (χ3n) is 3.11. The molecule has 6 nitrogen and oxygen atoms in total. The lowest BCUT2D eigenvalue weighted by Gasteiger charge is -2.21. The van der Waals surface area contributed by atoms with Gasteiger partial charge in [0.25, 0.3) is 0 Å². The first-order valence-electron chi connectivity index (χ1n) is 5.76. The van der Waals surface area contributed by atoms with E-state index in [1.165, 1.54) is 0 Å². The molecule has 1 heterocycles. The van der Waals surface area contributed by atoms with E-state index in [9.17, 15) is 9.59 Å². The summed E-state index contributed by atoms with van der Waals surface area (Å²) in [5.41, 5.74) is -0.793. The Balaban J connectivity index is 2.38. The van der Waals surface area contributed by atoms with Gasteiger partial charge in [0.05, 0.1) is 5.41 Å². The van der Waals surface area contributed by atoms with Crippen LogP contribution in [0, 0.1) is 5.41 Å². The fourth-order valence-electron chi connectivity index (χ4n) is 1.81. The molecule has 1 aliphatic rings. The molecule has 0 aromatic heterocycles. The zero-order chi connectivity index (χ0) is 13.1. The third kappa shape index (κ3) is 3.59. The number of carboxylic acid groups (broad SMARTS) is 1. The SMILES string of the molecule is CN(C)CCNC(=O)N1CCC(C)(C(=O)O)C1. The Morgan fingerprint density at radius 2 is 2.12 bits per heavy atom. The maximum Gasteiger partial charge on any atom is 0.317 e. The number of hydrogen-bond donors (Lipinski definition) is 2. The summed E-state index contributed by atoms with van der Waals surface area (Å²) in [6.07, 6.45) is 0.517. The van der Waals surface area contributed by atoms with Crippen LogP contribution in [-0.4, -0.2) is 67.2 Å². The van der Waals surface area contributed by atoms with Crippen molar-refractivity contribution in [1.29, 1.82) is 0 Å². The first-order valence-corrected chi connectivity index (χ1v) is 5.76. The van der Waals surface area contributed by atoms with Gasteiger partial charge in [-0.2, -0.15) is 0 Å². The average Bonchev–Trinajstić information content (AvgIpc) is 2.62. The van der Waals surface area contributed by atoms with Crippen LogP contribution in [0.2, 0.25) is 0 Å². The Morgan fingerprint density at radius 3 is 2.59 bits per heavy atom. The average molecular weight is 243 g/mol. The molecule has 0 aromatic rings. The lowest BCUT2D eigenvalue weighted by atomic mass is 9.90. The van der Waals surface area contributed by atoms with Crippen LogP contribution in [0.25, 0.3) is 0 Å². The highest BCUT2D eigenvalue weighted by Gasteiger charge is 2.42. The van der Waals surface area contributed by atoms with Crippen molar-refractivity contribution in [2.45, 2.75) is 13.3 Å². The van der Waals surface area contributed by atoms with Crippen LogP contribution < -0.4 is 5.32 Å². The number of hydrogen-bond acceptors (Lipinski definition) is 3. The summed E-state index contributed by atoms with van der Waals surface area (Å²) in [5.74, 6) is -0.832. The van der Waals surface area contributed by atoms with Gasteiger partial charge < -0.3 is 20.2 Å². The number of rotatable bonds is 4. The van der Waals surface area contributed by atoms with E-state index in [4.69, 9.17) is 5.11 Å². The number of carbonyl (C=O) groups excluding carboxylic acids is 1. The maximum atomic E-state index is 11.7. The molecule has 2 amide bonds. The number of nitrogens with one attached hydrogen (secondary N) is 1. The molecule has 17 heavy (non-hydrogen) atoms. The van der Waals surface area contributed by atoms with E-state index in [1.54, 1.807) is 11.8 Å². The summed E-state index contributed by atoms with van der Waals surface area (Å²) >= 11 is 0. The molecule has 0 spiro atoms. The lowest BCUT2D eigenvalue weighted by molar-refractivity contribution is -0.146. The summed E-state index contributed by atoms with van der Waals surface area (Å²) in [4.78, 5) is 26.3. The summed E-state index contributed by atoms with van der Waals surface area (Å²) < 4.78 is 0. The number of likely N-dealkylation sites (N-methyl/N-ethyl adjacent to an activating group) is 1. The van der Waals surface area contributed by atoms with Crippen LogP contribution in [0.1, 0.15) is 13.3 Å². The van der Waals surface area contributed by atoms with Gasteiger partial charge in [-0.25, -0.2) is 4.79 Å². The van der Waals surface area contributed by atoms with E-state index < -0.39 is 11.4 Å². The van der Waals surface area contributed by atoms with Crippen molar-refractivity contribution in [1.82, 2.24) is 15.1 Å². The number of nitrogens with zero attached hydrogens (tertiary/aromatic N) is 2. The van der Waals surface area contributed by atoms with Gasteiger partial charge >= 0.3 is 12.0 Å². The topological polar surface area (TPSA) is 72.9 Å². The van der Waals surface area contributed by atoms with Gasteiger partial charge in [-0.15, -0.1) is 0 Å². The predicted molar refractivity (Wildman–Crippen MR) is 63.9 cm³/mol. The number of urea groups is 1. The van der Waals surface area contributed by atoms with Gasteiger partial charge in [0, 0.05) is 26.2 Å². The van der Waals surface area contributed by atoms with Crippen molar-refractivity contribution in [3.05, 3.63) is 0 Å². The molecule has 98 valence electrons. The van der Waals surface area contributed by atoms with Crippen molar-refractivity contribution >= 4 is 12.0 Å². The Bertz CT molecular complexity index is 306. The normalized spacial score (nSPS) is 24.1. The molecular formula is C11H21N3O3. The molecule has 1 unspecified atom stereocenters. The van der Waals surface area contributed by atoms with E-state index in [-0.39, 0.29) is 12.6 Å². The summed E-state index contributed by atoms with van der Waals surface area (Å²) in [5, 5.41) is 11.8. The largest absolute Gasteiger partial charge is 0.481 e. The van der Waals surface area contributed by atoms with Gasteiger partial charge in [-0.05, 0) is 27.4 Å². The molecular weight excluding hydrogens is 222 g/mol. The third-order valence-corrected chi connectivity index (χ3v) is 3.11. The smallest absolute Gasteiger partial charge is 0.317 e. The van der Waals surface area contributed by atoms with Crippen LogP contribution in [0.4, 0.5) is 4.79 Å². The molecule has 2 N–H and O–H groups in total. The van der Waals surface area contributed by atoms with E-state index in [0.29, 0.717) is 19.5 Å². The van der Waals surface area contributed by atoms with Crippen molar-refractivity contribution in [2.75, 3.05) is 40.3 Å². The van der Waals surface area contributed by atoms with Crippen LogP contribution in [0.5, 0.6) is 0 Å². The standard InChI is InChI=1S/C11H21N3O3/c1-11(9(15)16)4-6-14(8-11)10(17)12-5-7-13(2)3/h4-8H2,1-3H3,(H,12,17)(H,15,16). The molecule has 1 atom stereocenters. The van der Waals surface area contributed by atoms with Gasteiger partial charge in [-0.1, -0.05) is 0 Å². The van der Waals surface area contributed by atoms with Gasteiger partial charge in [-0.3, -0.25) is 4.79 Å². The number of amides is 2. The van der Waals surface area contributed by atoms with E-state index in [2.05, 4.69) is 5.32 Å². The molecule has 1 aliphatic heterocycles.